The minimum Gasteiger partial charge on any atom is -0.439 e. The van der Waals surface area contributed by atoms with Crippen molar-refractivity contribution in [2.45, 2.75) is 44.2 Å². The lowest BCUT2D eigenvalue weighted by atomic mass is 9.94. The second-order valence-corrected chi connectivity index (χ2v) is 5.48. The number of anilines is 1. The van der Waals surface area contributed by atoms with E-state index < -0.39 is 0 Å². The molecule has 0 radical (unpaired) electrons. The first-order valence-electron chi connectivity index (χ1n) is 7.07. The lowest BCUT2D eigenvalue weighted by molar-refractivity contribution is 0.124. The van der Waals surface area contributed by atoms with Crippen molar-refractivity contribution in [1.29, 1.82) is 0 Å². The average Bonchev–Trinajstić information content (AvgIpc) is 2.83. The molecule has 4 heteroatoms. The summed E-state index contributed by atoms with van der Waals surface area (Å²) in [4.78, 5) is 13.9. The third-order valence-electron chi connectivity index (χ3n) is 4.16. The zero-order valence-corrected chi connectivity index (χ0v) is 11.0. The first-order chi connectivity index (χ1) is 9.24. The molecule has 2 N–H and O–H groups in total. The minimum atomic E-state index is -0.159. The minimum absolute atomic E-state index is 0.143. The van der Waals surface area contributed by atoms with Gasteiger partial charge in [0, 0.05) is 11.7 Å². The van der Waals surface area contributed by atoms with Gasteiger partial charge >= 0.3 is 6.09 Å². The Hall–Kier alpha value is -1.71. The third-order valence-corrected chi connectivity index (χ3v) is 4.16. The van der Waals surface area contributed by atoms with Crippen LogP contribution in [-0.2, 0) is 4.74 Å². The Kier molecular flexibility index (Phi) is 3.32. The Morgan fingerprint density at radius 2 is 1.79 bits per heavy atom. The summed E-state index contributed by atoms with van der Waals surface area (Å²) in [7, 11) is 0. The summed E-state index contributed by atoms with van der Waals surface area (Å²) >= 11 is 0. The molecule has 0 bridgehead atoms. The van der Waals surface area contributed by atoms with Gasteiger partial charge in [-0.15, -0.1) is 0 Å². The number of nitrogens with zero attached hydrogens (tertiary/aromatic N) is 1. The van der Waals surface area contributed by atoms with Crippen LogP contribution in [0.1, 0.15) is 43.8 Å². The van der Waals surface area contributed by atoms with Crippen LogP contribution in [0.15, 0.2) is 24.3 Å². The Bertz CT molecular complexity index is 452. The monoisotopic (exact) mass is 260 g/mol. The molecule has 1 aliphatic carbocycles. The molecule has 1 saturated carbocycles. The second-order valence-electron chi connectivity index (χ2n) is 5.48. The molecule has 1 unspecified atom stereocenters. The first kappa shape index (κ1) is 12.3. The molecule has 1 aromatic rings. The molecular formula is C15H20N2O2. The second kappa shape index (κ2) is 5.11. The zero-order valence-electron chi connectivity index (χ0n) is 11.0. The maximum absolute atomic E-state index is 12.0. The van der Waals surface area contributed by atoms with Crippen LogP contribution >= 0.6 is 0 Å². The van der Waals surface area contributed by atoms with Gasteiger partial charge in [0.05, 0.1) is 6.54 Å². The van der Waals surface area contributed by atoms with Crippen LogP contribution in [0.3, 0.4) is 0 Å². The number of hydrogen-bond acceptors (Lipinski definition) is 3. The Morgan fingerprint density at radius 1 is 1.11 bits per heavy atom. The highest BCUT2D eigenvalue weighted by atomic mass is 16.6. The number of cyclic esters (lactones) is 1. The van der Waals surface area contributed by atoms with Gasteiger partial charge in [0.15, 0.2) is 0 Å². The lowest BCUT2D eigenvalue weighted by Crippen LogP contribution is -2.37. The number of carbonyl (C=O) groups is 1. The molecule has 4 nitrogen and oxygen atoms in total. The molecule has 19 heavy (non-hydrogen) atoms. The summed E-state index contributed by atoms with van der Waals surface area (Å²) in [6.07, 6.45) is 5.67. The number of benzene rings is 1. The average molecular weight is 260 g/mol. The number of carbonyl (C=O) groups excluding carboxylic acids is 1. The predicted octanol–water partition coefficient (Wildman–Crippen LogP) is 3.09. The van der Waals surface area contributed by atoms with E-state index >= 15 is 0 Å². The smallest absolute Gasteiger partial charge is 0.410 e. The fourth-order valence-corrected chi connectivity index (χ4v) is 3.05. The molecule has 1 aromatic carbocycles. The third kappa shape index (κ3) is 2.53. The van der Waals surface area contributed by atoms with E-state index in [0.29, 0.717) is 12.6 Å². The van der Waals surface area contributed by atoms with E-state index in [4.69, 9.17) is 10.5 Å². The summed E-state index contributed by atoms with van der Waals surface area (Å²) in [5.74, 6) is 0. The van der Waals surface area contributed by atoms with E-state index in [-0.39, 0.29) is 12.2 Å². The molecule has 1 aliphatic heterocycles. The first-order valence-corrected chi connectivity index (χ1v) is 7.07. The molecule has 3 rings (SSSR count). The van der Waals surface area contributed by atoms with Crippen LogP contribution in [0.2, 0.25) is 0 Å². The molecule has 0 aromatic heterocycles. The fraction of sp³-hybridized carbons (Fsp3) is 0.533. The van der Waals surface area contributed by atoms with E-state index in [1.54, 1.807) is 0 Å². The molecule has 2 fully saturated rings. The largest absolute Gasteiger partial charge is 0.439 e. The van der Waals surface area contributed by atoms with Crippen molar-refractivity contribution in [2.75, 3.05) is 12.3 Å². The highest BCUT2D eigenvalue weighted by Crippen LogP contribution is 2.32. The molecule has 1 atom stereocenters. The van der Waals surface area contributed by atoms with Gasteiger partial charge in [-0.1, -0.05) is 31.4 Å². The van der Waals surface area contributed by atoms with Crippen LogP contribution in [0.25, 0.3) is 0 Å². The maximum Gasteiger partial charge on any atom is 0.410 e. The summed E-state index contributed by atoms with van der Waals surface area (Å²) < 4.78 is 5.50. The van der Waals surface area contributed by atoms with E-state index in [9.17, 15) is 4.79 Å². The number of nitrogens with two attached hydrogens (primary N) is 1. The van der Waals surface area contributed by atoms with Crippen molar-refractivity contribution in [3.63, 3.8) is 0 Å². The van der Waals surface area contributed by atoms with E-state index in [1.807, 2.05) is 29.2 Å². The van der Waals surface area contributed by atoms with Crippen LogP contribution in [0, 0.1) is 0 Å². The van der Waals surface area contributed by atoms with Gasteiger partial charge in [0.2, 0.25) is 0 Å². The highest BCUT2D eigenvalue weighted by molar-refractivity contribution is 5.70. The molecular weight excluding hydrogens is 240 g/mol. The number of amides is 1. The molecule has 2 aliphatic rings. The van der Waals surface area contributed by atoms with Crippen molar-refractivity contribution in [2.24, 2.45) is 0 Å². The molecule has 102 valence electrons. The summed E-state index contributed by atoms with van der Waals surface area (Å²) in [5, 5.41) is 0. The molecule has 1 amide bonds. The Morgan fingerprint density at radius 3 is 2.47 bits per heavy atom. The summed E-state index contributed by atoms with van der Waals surface area (Å²) in [6.45, 7) is 0.674. The van der Waals surface area contributed by atoms with Crippen molar-refractivity contribution in [3.8, 4) is 0 Å². The SMILES string of the molecule is Nc1ccc(C2CN(C3CCCCC3)C(=O)O2)cc1. The zero-order chi connectivity index (χ0) is 13.2. The number of ether oxygens (including phenoxy) is 1. The van der Waals surface area contributed by atoms with Gasteiger partial charge in [0.25, 0.3) is 0 Å². The predicted molar refractivity (Wildman–Crippen MR) is 73.7 cm³/mol. The van der Waals surface area contributed by atoms with E-state index in [1.165, 1.54) is 19.3 Å². The topological polar surface area (TPSA) is 55.6 Å². The van der Waals surface area contributed by atoms with Gasteiger partial charge in [0.1, 0.15) is 6.10 Å². The lowest BCUT2D eigenvalue weighted by Gasteiger charge is -2.28. The van der Waals surface area contributed by atoms with Gasteiger partial charge in [-0.05, 0) is 30.5 Å². The van der Waals surface area contributed by atoms with Crippen LogP contribution in [0.4, 0.5) is 10.5 Å². The van der Waals surface area contributed by atoms with Gasteiger partial charge in [-0.25, -0.2) is 4.79 Å². The van der Waals surface area contributed by atoms with Crippen molar-refractivity contribution in [3.05, 3.63) is 29.8 Å². The summed E-state index contributed by atoms with van der Waals surface area (Å²) in [5.41, 5.74) is 7.44. The summed E-state index contributed by atoms with van der Waals surface area (Å²) in [6, 6.07) is 7.97. The van der Waals surface area contributed by atoms with Crippen molar-refractivity contribution in [1.82, 2.24) is 4.90 Å². The normalized spacial score (nSPS) is 24.5. The molecule has 1 saturated heterocycles. The maximum atomic E-state index is 12.0. The Balaban J connectivity index is 1.70. The number of hydrogen-bond donors (Lipinski definition) is 1. The van der Waals surface area contributed by atoms with Crippen molar-refractivity contribution >= 4 is 11.8 Å². The quantitative estimate of drug-likeness (QED) is 0.831. The van der Waals surface area contributed by atoms with Crippen LogP contribution in [-0.4, -0.2) is 23.6 Å². The van der Waals surface area contributed by atoms with Gasteiger partial charge < -0.3 is 15.4 Å². The van der Waals surface area contributed by atoms with E-state index in [2.05, 4.69) is 0 Å². The highest BCUT2D eigenvalue weighted by Gasteiger charge is 2.36. The van der Waals surface area contributed by atoms with Crippen LogP contribution in [0.5, 0.6) is 0 Å². The van der Waals surface area contributed by atoms with Crippen LogP contribution < -0.4 is 5.73 Å². The van der Waals surface area contributed by atoms with E-state index in [0.717, 1.165) is 24.1 Å². The van der Waals surface area contributed by atoms with Gasteiger partial charge in [-0.3, -0.25) is 0 Å². The molecule has 1 heterocycles. The van der Waals surface area contributed by atoms with Gasteiger partial charge in [-0.2, -0.15) is 0 Å². The Labute approximate surface area is 113 Å². The molecule has 0 spiro atoms. The number of rotatable bonds is 2. The van der Waals surface area contributed by atoms with Crippen molar-refractivity contribution < 1.29 is 9.53 Å². The number of nitrogen functional groups attached to an aromatic ring is 1. The standard InChI is InChI=1S/C15H20N2O2/c16-12-8-6-11(7-9-12)14-10-17(15(18)19-14)13-4-2-1-3-5-13/h6-9,13-14H,1-5,10,16H2. The fourth-order valence-electron chi connectivity index (χ4n) is 3.05.